The first-order valence-electron chi connectivity index (χ1n) is 5.05. The summed E-state index contributed by atoms with van der Waals surface area (Å²) in [5.74, 6) is 2.39. The van der Waals surface area contributed by atoms with Crippen molar-refractivity contribution in [2.75, 3.05) is 26.3 Å². The fraction of sp³-hybridized carbons (Fsp3) is 0.455. The Hall–Kier alpha value is -0.640. The average Bonchev–Trinajstić information content (AvgIpc) is 2.65. The van der Waals surface area contributed by atoms with E-state index in [1.807, 2.05) is 12.1 Å². The predicted octanol–water partition coefficient (Wildman–Crippen LogP) is 1.09. The van der Waals surface area contributed by atoms with Crippen molar-refractivity contribution in [2.45, 2.75) is 6.54 Å². The Morgan fingerprint density at radius 1 is 1.31 bits per heavy atom. The predicted molar refractivity (Wildman–Crippen MR) is 66.0 cm³/mol. The Labute approximate surface area is 107 Å². The molecule has 0 amide bonds. The smallest absolute Gasteiger partial charge is 0.231 e. The fourth-order valence-electron chi connectivity index (χ4n) is 1.65. The van der Waals surface area contributed by atoms with Crippen molar-refractivity contribution >= 4 is 24.0 Å². The monoisotopic (exact) mass is 264 g/mol. The second kappa shape index (κ2) is 6.18. The summed E-state index contributed by atoms with van der Waals surface area (Å²) in [6, 6.07) is 6.08. The molecule has 1 aromatic carbocycles. The molecule has 1 atom stereocenters. The van der Waals surface area contributed by atoms with Gasteiger partial charge in [-0.25, -0.2) is 0 Å². The molecule has 0 aromatic heterocycles. The molecule has 0 aliphatic carbocycles. The largest absolute Gasteiger partial charge is 0.454 e. The number of benzene rings is 1. The van der Waals surface area contributed by atoms with Crippen LogP contribution in [0.25, 0.3) is 0 Å². The van der Waals surface area contributed by atoms with Crippen molar-refractivity contribution in [1.29, 1.82) is 0 Å². The number of hydrogen-bond acceptors (Lipinski definition) is 2. The first-order chi connectivity index (χ1) is 7.29. The molecule has 3 nitrogen and oxygen atoms in total. The van der Waals surface area contributed by atoms with Crippen LogP contribution in [0.15, 0.2) is 18.2 Å². The van der Waals surface area contributed by atoms with Crippen molar-refractivity contribution in [1.82, 2.24) is 0 Å². The molecule has 1 aliphatic rings. The molecule has 1 unspecified atom stereocenters. The van der Waals surface area contributed by atoms with Crippen LogP contribution in [0.3, 0.4) is 0 Å². The highest BCUT2D eigenvalue weighted by Gasteiger charge is 2.14. The highest BCUT2D eigenvalue weighted by atomic mass is 35.5. The van der Waals surface area contributed by atoms with E-state index in [1.165, 1.54) is 10.5 Å². The maximum Gasteiger partial charge on any atom is 0.231 e. The first kappa shape index (κ1) is 13.4. The van der Waals surface area contributed by atoms with Crippen LogP contribution in [-0.4, -0.2) is 26.3 Å². The molecule has 1 heterocycles. The Balaban J connectivity index is 0.00000128. The lowest BCUT2D eigenvalue weighted by Crippen LogP contribution is -3.07. The summed E-state index contributed by atoms with van der Waals surface area (Å²) < 4.78 is 10.6. The summed E-state index contributed by atoms with van der Waals surface area (Å²) >= 11 is 5.69. The van der Waals surface area contributed by atoms with Crippen molar-refractivity contribution in [3.05, 3.63) is 23.8 Å². The van der Waals surface area contributed by atoms with Crippen LogP contribution in [-0.2, 0) is 6.54 Å². The minimum Gasteiger partial charge on any atom is -0.454 e. The van der Waals surface area contributed by atoms with E-state index < -0.39 is 0 Å². The van der Waals surface area contributed by atoms with E-state index in [0.717, 1.165) is 24.6 Å². The van der Waals surface area contributed by atoms with Crippen molar-refractivity contribution in [3.8, 4) is 11.5 Å². The number of rotatable bonds is 4. The summed E-state index contributed by atoms with van der Waals surface area (Å²) in [4.78, 5) is 1.39. The standard InChI is InChI=1S/C11H14ClNO2.ClH/c1-13(5-4-12)7-9-2-3-10-11(6-9)15-8-14-10;/h2-3,6H,4-5,7-8H2,1H3;1H/p+1. The van der Waals surface area contributed by atoms with Crippen molar-refractivity contribution in [3.63, 3.8) is 0 Å². The third-order valence-corrected chi connectivity index (χ3v) is 2.65. The first-order valence-corrected chi connectivity index (χ1v) is 5.59. The Kier molecular flexibility index (Phi) is 5.19. The average molecular weight is 265 g/mol. The van der Waals surface area contributed by atoms with Gasteiger partial charge in [-0.05, 0) is 18.2 Å². The molecule has 0 radical (unpaired) electrons. The molecule has 0 fully saturated rings. The lowest BCUT2D eigenvalue weighted by Gasteiger charge is -2.12. The third-order valence-electron chi connectivity index (χ3n) is 2.46. The molecule has 0 bridgehead atoms. The lowest BCUT2D eigenvalue weighted by atomic mass is 10.2. The normalized spacial score (nSPS) is 14.4. The van der Waals surface area contributed by atoms with E-state index in [4.69, 9.17) is 21.1 Å². The highest BCUT2D eigenvalue weighted by molar-refractivity contribution is 6.17. The van der Waals surface area contributed by atoms with Gasteiger partial charge in [-0.15, -0.1) is 24.0 Å². The van der Waals surface area contributed by atoms with Gasteiger partial charge >= 0.3 is 0 Å². The van der Waals surface area contributed by atoms with Gasteiger partial charge in [-0.1, -0.05) is 0 Å². The number of ether oxygens (including phenoxy) is 2. The van der Waals surface area contributed by atoms with Crippen LogP contribution in [0, 0.1) is 0 Å². The molecule has 5 heteroatoms. The SMILES string of the molecule is C[NH+](CCCl)Cc1ccc2c(c1)OCO2.Cl. The van der Waals surface area contributed by atoms with Gasteiger partial charge in [-0.3, -0.25) is 0 Å². The van der Waals surface area contributed by atoms with E-state index in [2.05, 4.69) is 13.1 Å². The number of quaternary nitrogens is 1. The molecule has 0 saturated carbocycles. The van der Waals surface area contributed by atoms with E-state index in [1.54, 1.807) is 0 Å². The summed E-state index contributed by atoms with van der Waals surface area (Å²) in [5.41, 5.74) is 1.25. The van der Waals surface area contributed by atoms with Crippen LogP contribution in [0.4, 0.5) is 0 Å². The second-order valence-electron chi connectivity index (χ2n) is 3.76. The highest BCUT2D eigenvalue weighted by Crippen LogP contribution is 2.32. The van der Waals surface area contributed by atoms with Gasteiger partial charge in [0.2, 0.25) is 6.79 Å². The van der Waals surface area contributed by atoms with Gasteiger partial charge in [0.1, 0.15) is 6.54 Å². The van der Waals surface area contributed by atoms with Gasteiger partial charge in [0, 0.05) is 5.56 Å². The summed E-state index contributed by atoms with van der Waals surface area (Å²) in [5, 5.41) is 0. The molecule has 2 rings (SSSR count). The van der Waals surface area contributed by atoms with Gasteiger partial charge in [-0.2, -0.15) is 0 Å². The maximum atomic E-state index is 5.69. The van der Waals surface area contributed by atoms with Gasteiger partial charge < -0.3 is 14.4 Å². The summed E-state index contributed by atoms with van der Waals surface area (Å²) in [7, 11) is 2.13. The van der Waals surface area contributed by atoms with Gasteiger partial charge in [0.25, 0.3) is 0 Å². The number of hydrogen-bond donors (Lipinski definition) is 1. The second-order valence-corrected chi connectivity index (χ2v) is 4.14. The van der Waals surface area contributed by atoms with Gasteiger partial charge in [0.05, 0.1) is 19.5 Å². The van der Waals surface area contributed by atoms with Gasteiger partial charge in [0.15, 0.2) is 11.5 Å². The maximum absolute atomic E-state index is 5.69. The molecule has 1 aliphatic heterocycles. The van der Waals surface area contributed by atoms with Crippen LogP contribution in [0.2, 0.25) is 0 Å². The molecule has 0 spiro atoms. The fourth-order valence-corrected chi connectivity index (χ4v) is 1.97. The third kappa shape index (κ3) is 3.17. The Bertz CT molecular complexity index is 347. The molecule has 1 N–H and O–H groups in total. The zero-order chi connectivity index (χ0) is 10.7. The minimum absolute atomic E-state index is 0. The number of nitrogens with one attached hydrogen (secondary N) is 1. The van der Waals surface area contributed by atoms with Crippen LogP contribution >= 0.6 is 24.0 Å². The van der Waals surface area contributed by atoms with E-state index in [-0.39, 0.29) is 12.4 Å². The zero-order valence-electron chi connectivity index (χ0n) is 9.16. The number of halogens is 2. The van der Waals surface area contributed by atoms with E-state index >= 15 is 0 Å². The number of fused-ring (bicyclic) bond motifs is 1. The molecular formula is C11H16Cl2NO2+. The van der Waals surface area contributed by atoms with E-state index in [0.29, 0.717) is 12.7 Å². The molecule has 90 valence electrons. The summed E-state index contributed by atoms with van der Waals surface area (Å²) in [6.45, 7) is 2.27. The molecular weight excluding hydrogens is 249 g/mol. The van der Waals surface area contributed by atoms with E-state index in [9.17, 15) is 0 Å². The lowest BCUT2D eigenvalue weighted by molar-refractivity contribution is -0.891. The Morgan fingerprint density at radius 3 is 2.81 bits per heavy atom. The van der Waals surface area contributed by atoms with Crippen molar-refractivity contribution in [2.24, 2.45) is 0 Å². The molecule has 0 saturated heterocycles. The molecule has 16 heavy (non-hydrogen) atoms. The van der Waals surface area contributed by atoms with Crippen LogP contribution in [0.1, 0.15) is 5.56 Å². The quantitative estimate of drug-likeness (QED) is 0.824. The van der Waals surface area contributed by atoms with Crippen molar-refractivity contribution < 1.29 is 14.4 Å². The Morgan fingerprint density at radius 2 is 2.06 bits per heavy atom. The van der Waals surface area contributed by atoms with Crippen LogP contribution in [0.5, 0.6) is 11.5 Å². The molecule has 1 aromatic rings. The number of alkyl halides is 1. The minimum atomic E-state index is 0. The van der Waals surface area contributed by atoms with Crippen LogP contribution < -0.4 is 14.4 Å². The topological polar surface area (TPSA) is 22.9 Å². The summed E-state index contributed by atoms with van der Waals surface area (Å²) in [6.07, 6.45) is 0. The zero-order valence-corrected chi connectivity index (χ0v) is 10.7.